The lowest BCUT2D eigenvalue weighted by molar-refractivity contribution is 0.0952. The number of nitrogens with one attached hydrogen (secondary N) is 4. The molecule has 0 saturated heterocycles. The molecule has 2 unspecified atom stereocenters. The number of aromatic amines is 2. The summed E-state index contributed by atoms with van der Waals surface area (Å²) in [6.07, 6.45) is 0.526. The van der Waals surface area contributed by atoms with Gasteiger partial charge in [0.15, 0.2) is 29.6 Å². The molecule has 7 N–H and O–H groups in total. The van der Waals surface area contributed by atoms with Crippen molar-refractivity contribution >= 4 is 39.9 Å². The van der Waals surface area contributed by atoms with Crippen molar-refractivity contribution in [2.75, 3.05) is 0 Å². The van der Waals surface area contributed by atoms with E-state index >= 15 is 0 Å². The summed E-state index contributed by atoms with van der Waals surface area (Å²) in [5, 5.41) is 35.1. The number of H-pyrrole nitrogens is 2. The number of aliphatic hydroxyl groups excluding tert-OH is 1. The highest BCUT2D eigenvalue weighted by atomic mass is 19.2. The highest BCUT2D eigenvalue weighted by Crippen LogP contribution is 2.40. The molecule has 6 aromatic rings. The van der Waals surface area contributed by atoms with Gasteiger partial charge in [-0.1, -0.05) is 0 Å². The number of aldehydes is 1. The predicted octanol–water partition coefficient (Wildman–Crippen LogP) is 5.27. The average Bonchev–Trinajstić information content (AvgIpc) is 3.77. The topological polar surface area (TPSA) is 168 Å². The molecule has 0 radical (unpaired) electrons. The highest BCUT2D eigenvalue weighted by Gasteiger charge is 2.35. The van der Waals surface area contributed by atoms with Crippen molar-refractivity contribution in [1.82, 2.24) is 20.6 Å². The number of phenols is 2. The normalized spacial score (nSPS) is 16.4. The van der Waals surface area contributed by atoms with Crippen LogP contribution < -0.4 is 10.6 Å². The fourth-order valence-corrected chi connectivity index (χ4v) is 6.37. The van der Waals surface area contributed by atoms with E-state index < -0.39 is 42.0 Å². The minimum absolute atomic E-state index is 0.0159. The molecule has 2 atom stereocenters. The van der Waals surface area contributed by atoms with Gasteiger partial charge in [0.25, 0.3) is 11.8 Å². The van der Waals surface area contributed by atoms with Crippen LogP contribution in [0.3, 0.4) is 0 Å². The van der Waals surface area contributed by atoms with Gasteiger partial charge >= 0.3 is 0 Å². The fraction of sp³-hybridized carbons (Fsp3) is 0.0882. The maximum atomic E-state index is 13.7. The van der Waals surface area contributed by atoms with Crippen LogP contribution in [0.15, 0.2) is 60.7 Å². The first kappa shape index (κ1) is 30.5. The number of benzene rings is 4. The second-order valence-corrected chi connectivity index (χ2v) is 11.2. The molecular weight excluding hydrogens is 636 g/mol. The van der Waals surface area contributed by atoms with Crippen molar-refractivity contribution in [2.45, 2.75) is 18.7 Å². The molecule has 0 fully saturated rings. The summed E-state index contributed by atoms with van der Waals surface area (Å²) in [5.41, 5.74) is 3.51. The molecule has 8 rings (SSSR count). The number of rotatable bonds is 4. The van der Waals surface area contributed by atoms with Crippen LogP contribution in [0.1, 0.15) is 71.2 Å². The van der Waals surface area contributed by atoms with E-state index in [1.54, 1.807) is 0 Å². The first-order valence-corrected chi connectivity index (χ1v) is 14.3. The molecule has 0 bridgehead atoms. The number of carbonyl (C=O) groups is 3. The molecule has 2 aliphatic heterocycles. The van der Waals surface area contributed by atoms with Crippen LogP contribution in [-0.4, -0.2) is 43.4 Å². The van der Waals surface area contributed by atoms with Gasteiger partial charge < -0.3 is 35.9 Å². The largest absolute Gasteiger partial charge is 0.508 e. The number of carbonyl (C=O) groups excluding carboxylic acids is 3. The maximum absolute atomic E-state index is 13.7. The van der Waals surface area contributed by atoms with Crippen LogP contribution in [-0.2, 0) is 6.61 Å². The van der Waals surface area contributed by atoms with Crippen LogP contribution in [0.4, 0.5) is 17.6 Å². The molecule has 48 heavy (non-hydrogen) atoms. The van der Waals surface area contributed by atoms with E-state index in [1.165, 1.54) is 36.4 Å². The number of hydrogen-bond acceptors (Lipinski definition) is 6. The maximum Gasteiger partial charge on any atom is 0.252 e. The van der Waals surface area contributed by atoms with E-state index in [2.05, 4.69) is 20.6 Å². The van der Waals surface area contributed by atoms with Gasteiger partial charge in [-0.25, -0.2) is 17.6 Å². The average molecular weight is 659 g/mol. The zero-order valence-corrected chi connectivity index (χ0v) is 24.3. The van der Waals surface area contributed by atoms with E-state index in [4.69, 9.17) is 0 Å². The van der Waals surface area contributed by atoms with Gasteiger partial charge in [0.1, 0.15) is 11.5 Å². The first-order chi connectivity index (χ1) is 23.0. The number of phenolic OH excluding ortho intramolecular Hbond substituents is 2. The molecule has 0 saturated carbocycles. The molecule has 2 amide bonds. The second-order valence-electron chi connectivity index (χ2n) is 11.2. The van der Waals surface area contributed by atoms with E-state index in [0.717, 1.165) is 24.3 Å². The summed E-state index contributed by atoms with van der Waals surface area (Å²) in [5.74, 6) is -4.89. The Balaban J connectivity index is 0.000000152. The quantitative estimate of drug-likeness (QED) is 0.101. The Morgan fingerprint density at radius 3 is 1.60 bits per heavy atom. The van der Waals surface area contributed by atoms with E-state index in [1.807, 2.05) is 0 Å². The fourth-order valence-electron chi connectivity index (χ4n) is 6.37. The van der Waals surface area contributed by atoms with Crippen LogP contribution in [0.25, 0.3) is 21.8 Å². The number of aromatic hydroxyl groups is 2. The van der Waals surface area contributed by atoms with Crippen molar-refractivity contribution in [3.05, 3.63) is 129 Å². The van der Waals surface area contributed by atoms with Crippen LogP contribution >= 0.6 is 0 Å². The lowest BCUT2D eigenvalue weighted by Gasteiger charge is -2.13. The Morgan fingerprint density at radius 1 is 0.646 bits per heavy atom. The molecular formula is C34H22F4N4O6. The third-order valence-electron chi connectivity index (χ3n) is 8.46. The summed E-state index contributed by atoms with van der Waals surface area (Å²) in [4.78, 5) is 41.2. The van der Waals surface area contributed by atoms with Crippen molar-refractivity contribution in [3.63, 3.8) is 0 Å². The molecule has 0 aliphatic carbocycles. The molecule has 2 aromatic heterocycles. The van der Waals surface area contributed by atoms with Crippen LogP contribution in [0.2, 0.25) is 0 Å². The highest BCUT2D eigenvalue weighted by molar-refractivity contribution is 6.03. The molecule has 4 aromatic carbocycles. The van der Waals surface area contributed by atoms with Gasteiger partial charge in [0, 0.05) is 61.9 Å². The third kappa shape index (κ3) is 4.81. The lowest BCUT2D eigenvalue weighted by atomic mass is 9.95. The zero-order valence-electron chi connectivity index (χ0n) is 24.3. The van der Waals surface area contributed by atoms with E-state index in [0.29, 0.717) is 56.3 Å². The Labute approximate surface area is 266 Å². The first-order valence-electron chi connectivity index (χ1n) is 14.3. The molecule has 2 aliphatic rings. The van der Waals surface area contributed by atoms with Gasteiger partial charge in [-0.05, 0) is 59.7 Å². The molecule has 14 heteroatoms. The number of aliphatic hydroxyl groups is 1. The third-order valence-corrected chi connectivity index (χ3v) is 8.46. The van der Waals surface area contributed by atoms with Gasteiger partial charge in [-0.3, -0.25) is 14.4 Å². The number of halogens is 4. The van der Waals surface area contributed by atoms with E-state index in [9.17, 15) is 47.3 Å². The predicted molar refractivity (Wildman–Crippen MR) is 163 cm³/mol. The summed E-state index contributed by atoms with van der Waals surface area (Å²) in [6.45, 7) is -0.395. The van der Waals surface area contributed by atoms with Crippen molar-refractivity contribution in [3.8, 4) is 11.5 Å². The van der Waals surface area contributed by atoms with Gasteiger partial charge in [-0.2, -0.15) is 0 Å². The minimum atomic E-state index is -1.05. The van der Waals surface area contributed by atoms with E-state index in [-0.39, 0.29) is 39.9 Å². The van der Waals surface area contributed by atoms with Gasteiger partial charge in [-0.15, -0.1) is 0 Å². The van der Waals surface area contributed by atoms with Crippen molar-refractivity contribution in [2.24, 2.45) is 0 Å². The standard InChI is InChI=1S/C17H12F2N2O3.C17H10F2N2O3/c2*18-11-4-10-13(5-12(11)19)20-14(6-22)15(10)16-9-3-7(23)1-2-8(9)17(24)21-16/h1-5,16,20,22-23H,6H2,(H,21,24);1-6,16,20,23H,(H,21,24). The number of fused-ring (bicyclic) bond motifs is 4. The van der Waals surface area contributed by atoms with Gasteiger partial charge in [0.05, 0.1) is 24.4 Å². The monoisotopic (exact) mass is 658 g/mol. The number of hydrogen-bond donors (Lipinski definition) is 7. The smallest absolute Gasteiger partial charge is 0.252 e. The Bertz CT molecular complexity index is 2350. The van der Waals surface area contributed by atoms with Gasteiger partial charge in [0.2, 0.25) is 0 Å². The minimum Gasteiger partial charge on any atom is -0.508 e. The number of aromatic nitrogens is 2. The SMILES string of the molecule is O=C1NC(c2c(CO)[nH]c3cc(F)c(F)cc23)c2cc(O)ccc21.O=Cc1[nH]c2cc(F)c(F)cc2c1C1NC(=O)c2ccc(O)cc21. The molecule has 242 valence electrons. The molecule has 0 spiro atoms. The molecule has 4 heterocycles. The van der Waals surface area contributed by atoms with Crippen LogP contribution in [0.5, 0.6) is 11.5 Å². The Kier molecular flexibility index (Phi) is 7.16. The van der Waals surface area contributed by atoms with Crippen molar-refractivity contribution in [1.29, 1.82) is 0 Å². The molecule has 10 nitrogen and oxygen atoms in total. The Morgan fingerprint density at radius 2 is 1.10 bits per heavy atom. The Hall–Kier alpha value is -6.15. The van der Waals surface area contributed by atoms with Crippen LogP contribution in [0, 0.1) is 23.3 Å². The summed E-state index contributed by atoms with van der Waals surface area (Å²) < 4.78 is 54.3. The van der Waals surface area contributed by atoms with Crippen molar-refractivity contribution < 1.29 is 47.3 Å². The lowest BCUT2D eigenvalue weighted by Crippen LogP contribution is -2.20. The zero-order chi connectivity index (χ0) is 34.0. The second kappa shape index (κ2) is 11.3. The number of amides is 2. The summed E-state index contributed by atoms with van der Waals surface area (Å²) >= 11 is 0. The summed E-state index contributed by atoms with van der Waals surface area (Å²) in [7, 11) is 0. The summed E-state index contributed by atoms with van der Waals surface area (Å²) in [6, 6.07) is 11.1.